The zero-order valence-corrected chi connectivity index (χ0v) is 36.0. The SMILES string of the molecule is CCCCCC=CCC=CCCCCCCCC(=O)Oc1cc(COC(=O)CCCN(C)C)cc(OC(=O)CCCCCCCC=CCC=CCCCCC)c1. The monoisotopic (exact) mass is 778 g/mol. The van der Waals surface area contributed by atoms with Gasteiger partial charge in [-0.1, -0.05) is 127 Å². The van der Waals surface area contributed by atoms with Crippen LogP contribution in [-0.2, 0) is 25.7 Å². The maximum atomic E-state index is 12.8. The third-order valence-electron chi connectivity index (χ3n) is 9.45. The second kappa shape index (κ2) is 37.1. The van der Waals surface area contributed by atoms with E-state index in [9.17, 15) is 14.4 Å². The number of carbonyl (C=O) groups is 3. The molecule has 0 radical (unpaired) electrons. The van der Waals surface area contributed by atoms with Gasteiger partial charge in [-0.2, -0.15) is 0 Å². The maximum Gasteiger partial charge on any atom is 0.311 e. The minimum atomic E-state index is -0.323. The van der Waals surface area contributed by atoms with E-state index in [1.54, 1.807) is 18.2 Å². The number of allylic oxidation sites excluding steroid dienone is 8. The summed E-state index contributed by atoms with van der Waals surface area (Å²) in [7, 11) is 3.93. The van der Waals surface area contributed by atoms with Crippen molar-refractivity contribution in [1.82, 2.24) is 4.90 Å². The molecular formula is C49H79NO6. The zero-order chi connectivity index (χ0) is 40.7. The van der Waals surface area contributed by atoms with E-state index in [2.05, 4.69) is 62.5 Å². The van der Waals surface area contributed by atoms with Crippen LogP contribution >= 0.6 is 0 Å². The summed E-state index contributed by atoms with van der Waals surface area (Å²) >= 11 is 0. The molecule has 0 heterocycles. The molecule has 0 fully saturated rings. The molecule has 0 atom stereocenters. The molecule has 0 bridgehead atoms. The van der Waals surface area contributed by atoms with Gasteiger partial charge in [0.2, 0.25) is 0 Å². The van der Waals surface area contributed by atoms with E-state index < -0.39 is 0 Å². The van der Waals surface area contributed by atoms with Crippen LogP contribution < -0.4 is 9.47 Å². The second-order valence-electron chi connectivity index (χ2n) is 15.3. The lowest BCUT2D eigenvalue weighted by molar-refractivity contribution is -0.145. The minimum Gasteiger partial charge on any atom is -0.461 e. The van der Waals surface area contributed by atoms with E-state index in [0.717, 1.165) is 96.4 Å². The maximum absolute atomic E-state index is 12.8. The number of hydrogen-bond acceptors (Lipinski definition) is 7. The number of benzene rings is 1. The van der Waals surface area contributed by atoms with Gasteiger partial charge in [0, 0.05) is 25.3 Å². The highest BCUT2D eigenvalue weighted by atomic mass is 16.5. The molecule has 1 aromatic carbocycles. The van der Waals surface area contributed by atoms with E-state index in [1.165, 1.54) is 51.4 Å². The highest BCUT2D eigenvalue weighted by Gasteiger charge is 2.13. The fourth-order valence-electron chi connectivity index (χ4n) is 6.13. The quantitative estimate of drug-likeness (QED) is 0.0290. The van der Waals surface area contributed by atoms with Gasteiger partial charge in [0.25, 0.3) is 0 Å². The number of ether oxygens (including phenoxy) is 3. The number of nitrogens with zero attached hydrogens (tertiary/aromatic N) is 1. The molecular weight excluding hydrogens is 699 g/mol. The van der Waals surface area contributed by atoms with Crippen molar-refractivity contribution in [3.05, 3.63) is 72.4 Å². The average molecular weight is 778 g/mol. The summed E-state index contributed by atoms with van der Waals surface area (Å²) in [5.74, 6) is -0.362. The summed E-state index contributed by atoms with van der Waals surface area (Å²) in [4.78, 5) is 39.9. The van der Waals surface area contributed by atoms with E-state index in [1.807, 2.05) is 19.0 Å². The average Bonchev–Trinajstić information content (AvgIpc) is 3.16. The number of carbonyl (C=O) groups excluding carboxylic acids is 3. The van der Waals surface area contributed by atoms with Crippen LogP contribution in [0, 0.1) is 0 Å². The highest BCUT2D eigenvalue weighted by Crippen LogP contribution is 2.25. The largest absolute Gasteiger partial charge is 0.461 e. The Morgan fingerprint density at radius 3 is 1.30 bits per heavy atom. The first kappa shape index (κ1) is 50.6. The van der Waals surface area contributed by atoms with Gasteiger partial charge in [0.1, 0.15) is 18.1 Å². The Morgan fingerprint density at radius 1 is 0.482 bits per heavy atom. The fourth-order valence-corrected chi connectivity index (χ4v) is 6.13. The summed E-state index contributed by atoms with van der Waals surface area (Å²) in [6.45, 7) is 5.27. The normalized spacial score (nSPS) is 11.9. The molecule has 0 saturated carbocycles. The van der Waals surface area contributed by atoms with Crippen molar-refractivity contribution < 1.29 is 28.6 Å². The van der Waals surface area contributed by atoms with Crippen LogP contribution in [0.4, 0.5) is 0 Å². The fraction of sp³-hybridized carbons (Fsp3) is 0.653. The minimum absolute atomic E-state index is 0.00656. The molecule has 0 unspecified atom stereocenters. The Kier molecular flexibility index (Phi) is 33.5. The molecule has 1 rings (SSSR count). The summed E-state index contributed by atoms with van der Waals surface area (Å²) in [6.07, 6.45) is 44.4. The topological polar surface area (TPSA) is 82.1 Å². The first-order chi connectivity index (χ1) is 27.3. The zero-order valence-electron chi connectivity index (χ0n) is 36.0. The smallest absolute Gasteiger partial charge is 0.311 e. The van der Waals surface area contributed by atoms with Gasteiger partial charge in [-0.05, 0) is 122 Å². The number of rotatable bonds is 36. The van der Waals surface area contributed by atoms with E-state index >= 15 is 0 Å². The molecule has 0 saturated heterocycles. The van der Waals surface area contributed by atoms with Crippen molar-refractivity contribution in [2.45, 2.75) is 187 Å². The standard InChI is InChI=1S/C49H79NO6/c1-5-7-9-11-13-15-17-19-21-23-25-27-29-31-33-36-48(52)55-45-40-44(43-54-47(51)38-35-39-50(3)4)41-46(42-45)56-49(53)37-34-32-30-28-26-24-22-20-18-16-14-12-10-8-6-2/h13-16,19-22,40-42H,5-12,17-18,23-39,43H2,1-4H3. The number of unbranched alkanes of at least 4 members (excludes halogenated alkanes) is 16. The molecule has 0 aromatic heterocycles. The van der Waals surface area contributed by atoms with Gasteiger partial charge in [-0.3, -0.25) is 14.4 Å². The predicted molar refractivity (Wildman–Crippen MR) is 234 cm³/mol. The van der Waals surface area contributed by atoms with Crippen molar-refractivity contribution in [3.63, 3.8) is 0 Å². The van der Waals surface area contributed by atoms with Crippen molar-refractivity contribution in [2.75, 3.05) is 20.6 Å². The Morgan fingerprint density at radius 2 is 0.875 bits per heavy atom. The summed E-state index contributed by atoms with van der Waals surface area (Å²) in [5, 5.41) is 0. The van der Waals surface area contributed by atoms with Crippen LogP contribution in [0.3, 0.4) is 0 Å². The van der Waals surface area contributed by atoms with Gasteiger partial charge in [0.15, 0.2) is 0 Å². The van der Waals surface area contributed by atoms with Crippen LogP contribution in [0.25, 0.3) is 0 Å². The molecule has 1 aromatic rings. The summed E-state index contributed by atoms with van der Waals surface area (Å²) in [6, 6.07) is 4.93. The molecule has 316 valence electrons. The van der Waals surface area contributed by atoms with E-state index in [4.69, 9.17) is 14.2 Å². The molecule has 7 nitrogen and oxygen atoms in total. The van der Waals surface area contributed by atoms with E-state index in [-0.39, 0.29) is 24.5 Å². The molecule has 0 aliphatic carbocycles. The third kappa shape index (κ3) is 32.8. The molecule has 56 heavy (non-hydrogen) atoms. The van der Waals surface area contributed by atoms with Crippen molar-refractivity contribution >= 4 is 17.9 Å². The summed E-state index contributed by atoms with van der Waals surface area (Å²) < 4.78 is 16.9. The molecule has 7 heteroatoms. The Hall–Kier alpha value is -3.45. The highest BCUT2D eigenvalue weighted by molar-refractivity contribution is 5.74. The van der Waals surface area contributed by atoms with Crippen molar-refractivity contribution in [1.29, 1.82) is 0 Å². The summed E-state index contributed by atoms with van der Waals surface area (Å²) in [5.41, 5.74) is 0.605. The number of esters is 3. The van der Waals surface area contributed by atoms with Gasteiger partial charge in [0.05, 0.1) is 0 Å². The first-order valence-corrected chi connectivity index (χ1v) is 22.3. The molecule has 0 aliphatic rings. The third-order valence-corrected chi connectivity index (χ3v) is 9.45. The molecule has 0 spiro atoms. The van der Waals surface area contributed by atoms with Crippen LogP contribution in [0.1, 0.15) is 186 Å². The van der Waals surface area contributed by atoms with Crippen LogP contribution in [0.2, 0.25) is 0 Å². The lowest BCUT2D eigenvalue weighted by atomic mass is 10.1. The first-order valence-electron chi connectivity index (χ1n) is 22.3. The Labute approximate surface area is 342 Å². The predicted octanol–water partition coefficient (Wildman–Crippen LogP) is 13.5. The Balaban J connectivity index is 2.46. The Bertz CT molecular complexity index is 1180. The molecule has 0 amide bonds. The van der Waals surface area contributed by atoms with Crippen LogP contribution in [0.15, 0.2) is 66.8 Å². The second-order valence-corrected chi connectivity index (χ2v) is 15.3. The van der Waals surface area contributed by atoms with Crippen LogP contribution in [-0.4, -0.2) is 43.4 Å². The lowest BCUT2D eigenvalue weighted by Gasteiger charge is -2.12. The van der Waals surface area contributed by atoms with Crippen molar-refractivity contribution in [2.24, 2.45) is 0 Å². The molecule has 0 N–H and O–H groups in total. The van der Waals surface area contributed by atoms with Gasteiger partial charge in [-0.15, -0.1) is 0 Å². The van der Waals surface area contributed by atoms with Crippen LogP contribution in [0.5, 0.6) is 11.5 Å². The van der Waals surface area contributed by atoms with Gasteiger partial charge >= 0.3 is 17.9 Å². The van der Waals surface area contributed by atoms with Gasteiger partial charge in [-0.25, -0.2) is 0 Å². The van der Waals surface area contributed by atoms with Gasteiger partial charge < -0.3 is 19.1 Å². The van der Waals surface area contributed by atoms with Crippen molar-refractivity contribution in [3.8, 4) is 11.5 Å². The lowest BCUT2D eigenvalue weighted by Crippen LogP contribution is -2.15. The molecule has 0 aliphatic heterocycles. The number of hydrogen-bond donors (Lipinski definition) is 0. The van der Waals surface area contributed by atoms with E-state index in [0.29, 0.717) is 42.7 Å².